The van der Waals surface area contributed by atoms with Gasteiger partial charge in [0.05, 0.1) is 6.20 Å². The van der Waals surface area contributed by atoms with E-state index in [0.29, 0.717) is 17.2 Å². The molecule has 2 N–H and O–H groups in total. The van der Waals surface area contributed by atoms with E-state index in [2.05, 4.69) is 32.5 Å². The van der Waals surface area contributed by atoms with E-state index in [1.54, 1.807) is 24.5 Å². The fourth-order valence-electron chi connectivity index (χ4n) is 1.47. The van der Waals surface area contributed by atoms with Gasteiger partial charge >= 0.3 is 0 Å². The molecule has 0 aliphatic heterocycles. The topological polar surface area (TPSA) is 79.8 Å². The molecular weight excluding hydrogens is 242 g/mol. The van der Waals surface area contributed by atoms with Gasteiger partial charge in [0.25, 0.3) is 5.91 Å². The molecule has 6 heteroatoms. The number of rotatable bonds is 5. The number of carbonyl (C=O) groups is 1. The Bertz CT molecular complexity index is 544. The maximum absolute atomic E-state index is 12.0. The van der Waals surface area contributed by atoms with Crippen LogP contribution in [-0.2, 0) is 0 Å². The van der Waals surface area contributed by atoms with Crippen LogP contribution in [0.4, 0.5) is 11.6 Å². The molecule has 0 fully saturated rings. The predicted octanol–water partition coefficient (Wildman–Crippen LogP) is 1.95. The number of aromatic nitrogens is 3. The van der Waals surface area contributed by atoms with Crippen LogP contribution in [0.3, 0.4) is 0 Å². The highest BCUT2D eigenvalue weighted by atomic mass is 16.1. The van der Waals surface area contributed by atoms with Gasteiger partial charge in [-0.25, -0.2) is 9.97 Å². The Morgan fingerprint density at radius 3 is 2.79 bits per heavy atom. The van der Waals surface area contributed by atoms with Crippen molar-refractivity contribution < 1.29 is 4.79 Å². The summed E-state index contributed by atoms with van der Waals surface area (Å²) in [7, 11) is 0. The molecule has 0 aliphatic carbocycles. The van der Waals surface area contributed by atoms with Crippen LogP contribution < -0.4 is 10.6 Å². The molecular formula is C13H15N5O. The molecule has 6 nitrogen and oxygen atoms in total. The number of nitrogens with zero attached hydrogens (tertiary/aromatic N) is 3. The van der Waals surface area contributed by atoms with E-state index in [1.807, 2.05) is 0 Å². The van der Waals surface area contributed by atoms with Gasteiger partial charge in [0.15, 0.2) is 5.82 Å². The zero-order chi connectivity index (χ0) is 13.5. The van der Waals surface area contributed by atoms with E-state index in [4.69, 9.17) is 0 Å². The van der Waals surface area contributed by atoms with Gasteiger partial charge in [0, 0.05) is 30.7 Å². The van der Waals surface area contributed by atoms with Crippen LogP contribution in [0.25, 0.3) is 0 Å². The minimum absolute atomic E-state index is 0.234. The summed E-state index contributed by atoms with van der Waals surface area (Å²) in [6, 6.07) is 3.37. The van der Waals surface area contributed by atoms with Crippen molar-refractivity contribution in [2.24, 2.45) is 0 Å². The summed E-state index contributed by atoms with van der Waals surface area (Å²) >= 11 is 0. The average molecular weight is 257 g/mol. The van der Waals surface area contributed by atoms with Gasteiger partial charge in [0.1, 0.15) is 5.82 Å². The van der Waals surface area contributed by atoms with Crippen LogP contribution >= 0.6 is 0 Å². The maximum atomic E-state index is 12.0. The van der Waals surface area contributed by atoms with Crippen molar-refractivity contribution in [2.75, 3.05) is 17.2 Å². The van der Waals surface area contributed by atoms with E-state index in [1.165, 1.54) is 12.4 Å². The molecule has 2 aromatic heterocycles. The van der Waals surface area contributed by atoms with Crippen molar-refractivity contribution >= 4 is 17.5 Å². The highest BCUT2D eigenvalue weighted by molar-refractivity contribution is 6.04. The molecule has 98 valence electrons. The Morgan fingerprint density at radius 2 is 2.05 bits per heavy atom. The standard InChI is InChI=1S/C13H15N5O/c1-2-4-15-11-8-10(3-5-16-11)13(19)18-12-9-14-6-7-17-12/h3,5-9H,2,4H2,1H3,(H,15,16)(H,17,18,19). The lowest BCUT2D eigenvalue weighted by molar-refractivity contribution is 0.102. The van der Waals surface area contributed by atoms with Gasteiger partial charge in [-0.1, -0.05) is 6.92 Å². The molecule has 0 saturated carbocycles. The van der Waals surface area contributed by atoms with Gasteiger partial charge in [-0.05, 0) is 18.6 Å². The third-order valence-electron chi connectivity index (χ3n) is 2.38. The van der Waals surface area contributed by atoms with Crippen molar-refractivity contribution in [3.05, 3.63) is 42.5 Å². The summed E-state index contributed by atoms with van der Waals surface area (Å²) in [5, 5.41) is 5.81. The Hall–Kier alpha value is -2.50. The molecule has 0 radical (unpaired) electrons. The van der Waals surface area contributed by atoms with Crippen LogP contribution in [0.15, 0.2) is 36.9 Å². The third-order valence-corrected chi connectivity index (χ3v) is 2.38. The summed E-state index contributed by atoms with van der Waals surface area (Å²) in [6.45, 7) is 2.89. The monoisotopic (exact) mass is 257 g/mol. The Kier molecular flexibility index (Phi) is 4.39. The van der Waals surface area contributed by atoms with Crippen molar-refractivity contribution in [3.8, 4) is 0 Å². The summed E-state index contributed by atoms with van der Waals surface area (Å²) in [6.07, 6.45) is 7.17. The first-order valence-corrected chi connectivity index (χ1v) is 6.07. The molecule has 2 aromatic rings. The van der Waals surface area contributed by atoms with E-state index < -0.39 is 0 Å². The second kappa shape index (κ2) is 6.44. The van der Waals surface area contributed by atoms with Gasteiger partial charge in [-0.3, -0.25) is 9.78 Å². The molecule has 1 amide bonds. The lowest BCUT2D eigenvalue weighted by Gasteiger charge is -2.06. The predicted molar refractivity (Wildman–Crippen MR) is 73.0 cm³/mol. The smallest absolute Gasteiger partial charge is 0.257 e. The fourth-order valence-corrected chi connectivity index (χ4v) is 1.47. The highest BCUT2D eigenvalue weighted by Gasteiger charge is 2.07. The second-order valence-electron chi connectivity index (χ2n) is 3.90. The summed E-state index contributed by atoms with van der Waals surface area (Å²) in [5.74, 6) is 0.878. The first-order valence-electron chi connectivity index (χ1n) is 6.07. The highest BCUT2D eigenvalue weighted by Crippen LogP contribution is 2.09. The number of anilines is 2. The molecule has 0 bridgehead atoms. The summed E-state index contributed by atoms with van der Waals surface area (Å²) < 4.78 is 0. The average Bonchev–Trinajstić information content (AvgIpc) is 2.46. The zero-order valence-corrected chi connectivity index (χ0v) is 10.6. The van der Waals surface area contributed by atoms with Gasteiger partial charge in [-0.2, -0.15) is 0 Å². The van der Waals surface area contributed by atoms with Crippen molar-refractivity contribution in [2.45, 2.75) is 13.3 Å². The van der Waals surface area contributed by atoms with Crippen LogP contribution in [0.5, 0.6) is 0 Å². The normalized spacial score (nSPS) is 9.95. The largest absolute Gasteiger partial charge is 0.370 e. The quantitative estimate of drug-likeness (QED) is 0.855. The first kappa shape index (κ1) is 12.9. The number of carbonyl (C=O) groups excluding carboxylic acids is 1. The van der Waals surface area contributed by atoms with Gasteiger partial charge in [-0.15, -0.1) is 0 Å². The Labute approximate surface area is 111 Å². The lowest BCUT2D eigenvalue weighted by atomic mass is 10.2. The van der Waals surface area contributed by atoms with E-state index in [-0.39, 0.29) is 5.91 Å². The van der Waals surface area contributed by atoms with Gasteiger partial charge in [0.2, 0.25) is 0 Å². The molecule has 19 heavy (non-hydrogen) atoms. The van der Waals surface area contributed by atoms with E-state index in [9.17, 15) is 4.79 Å². The SMILES string of the molecule is CCCNc1cc(C(=O)Nc2cnccn2)ccn1. The number of amides is 1. The molecule has 0 saturated heterocycles. The Morgan fingerprint density at radius 1 is 1.21 bits per heavy atom. The second-order valence-corrected chi connectivity index (χ2v) is 3.90. The molecule has 0 atom stereocenters. The first-order chi connectivity index (χ1) is 9.29. The van der Waals surface area contributed by atoms with Crippen LogP contribution in [0, 0.1) is 0 Å². The molecule has 0 spiro atoms. The minimum Gasteiger partial charge on any atom is -0.370 e. The van der Waals surface area contributed by atoms with Crippen LogP contribution in [-0.4, -0.2) is 27.4 Å². The van der Waals surface area contributed by atoms with Crippen LogP contribution in [0.2, 0.25) is 0 Å². The molecule has 0 unspecified atom stereocenters. The third kappa shape index (κ3) is 3.74. The molecule has 0 aromatic carbocycles. The number of pyridine rings is 1. The van der Waals surface area contributed by atoms with Gasteiger partial charge < -0.3 is 10.6 Å². The summed E-state index contributed by atoms with van der Waals surface area (Å²) in [4.78, 5) is 24.0. The zero-order valence-electron chi connectivity index (χ0n) is 10.6. The summed E-state index contributed by atoms with van der Waals surface area (Å²) in [5.41, 5.74) is 0.527. The van der Waals surface area contributed by atoms with E-state index in [0.717, 1.165) is 13.0 Å². The number of nitrogens with one attached hydrogen (secondary N) is 2. The maximum Gasteiger partial charge on any atom is 0.257 e. The van der Waals surface area contributed by atoms with Crippen molar-refractivity contribution in [1.29, 1.82) is 0 Å². The molecule has 0 aliphatic rings. The van der Waals surface area contributed by atoms with Crippen LogP contribution in [0.1, 0.15) is 23.7 Å². The Balaban J connectivity index is 2.06. The number of hydrogen-bond acceptors (Lipinski definition) is 5. The lowest BCUT2D eigenvalue weighted by Crippen LogP contribution is -2.14. The minimum atomic E-state index is -0.234. The van der Waals surface area contributed by atoms with E-state index >= 15 is 0 Å². The molecule has 2 heterocycles. The number of hydrogen-bond donors (Lipinski definition) is 2. The van der Waals surface area contributed by atoms with Crippen molar-refractivity contribution in [1.82, 2.24) is 15.0 Å². The fraction of sp³-hybridized carbons (Fsp3) is 0.231. The molecule has 2 rings (SSSR count). The van der Waals surface area contributed by atoms with Crippen molar-refractivity contribution in [3.63, 3.8) is 0 Å².